The monoisotopic (exact) mass is 267 g/mol. The molecule has 1 amide bonds. The number of hydrogen-bond acceptors (Lipinski definition) is 1. The lowest BCUT2D eigenvalue weighted by atomic mass is 9.94. The zero-order chi connectivity index (χ0) is 13.9. The van der Waals surface area contributed by atoms with Crippen LogP contribution in [-0.4, -0.2) is 11.3 Å². The molecule has 3 heteroatoms. The predicted molar refractivity (Wildman–Crippen MR) is 78.6 cm³/mol. The van der Waals surface area contributed by atoms with Gasteiger partial charge in [-0.15, -0.1) is 11.6 Å². The fraction of sp³-hybridized carbons (Fsp3) is 0.533. The summed E-state index contributed by atoms with van der Waals surface area (Å²) in [5, 5.41) is 2.37. The Morgan fingerprint density at radius 2 is 1.72 bits per heavy atom. The van der Waals surface area contributed by atoms with E-state index in [2.05, 4.69) is 45.1 Å². The second-order valence-corrected chi connectivity index (χ2v) is 5.92. The molecule has 1 atom stereocenters. The molecule has 0 aliphatic carbocycles. The summed E-state index contributed by atoms with van der Waals surface area (Å²) in [7, 11) is 0. The van der Waals surface area contributed by atoms with E-state index >= 15 is 0 Å². The van der Waals surface area contributed by atoms with Crippen LogP contribution >= 0.6 is 11.6 Å². The van der Waals surface area contributed by atoms with Crippen molar-refractivity contribution < 1.29 is 4.79 Å². The molecule has 0 aliphatic rings. The van der Waals surface area contributed by atoms with Crippen molar-refractivity contribution in [2.75, 3.05) is 5.32 Å². The van der Waals surface area contributed by atoms with Crippen molar-refractivity contribution in [3.8, 4) is 0 Å². The van der Waals surface area contributed by atoms with Crippen LogP contribution in [0.2, 0.25) is 0 Å². The molecule has 1 unspecified atom stereocenters. The van der Waals surface area contributed by atoms with Gasteiger partial charge in [0.25, 0.3) is 0 Å². The summed E-state index contributed by atoms with van der Waals surface area (Å²) in [6.07, 6.45) is 0. The third kappa shape index (κ3) is 3.74. The Labute approximate surface area is 115 Å². The Balaban J connectivity index is 3.08. The Morgan fingerprint density at radius 3 is 2.17 bits per heavy atom. The molecule has 18 heavy (non-hydrogen) atoms. The molecule has 1 rings (SSSR count). The first-order valence-corrected chi connectivity index (χ1v) is 6.85. The maximum atomic E-state index is 11.7. The molecule has 1 aromatic carbocycles. The van der Waals surface area contributed by atoms with Crippen molar-refractivity contribution in [2.24, 2.45) is 0 Å². The highest BCUT2D eigenvalue weighted by molar-refractivity contribution is 6.32. The van der Waals surface area contributed by atoms with Gasteiger partial charge in [0, 0.05) is 5.69 Å². The van der Waals surface area contributed by atoms with Gasteiger partial charge in [0.2, 0.25) is 5.91 Å². The van der Waals surface area contributed by atoms with Gasteiger partial charge in [0.15, 0.2) is 0 Å². The van der Waals surface area contributed by atoms with Gasteiger partial charge < -0.3 is 5.32 Å². The van der Waals surface area contributed by atoms with Crippen molar-refractivity contribution in [1.82, 2.24) is 0 Å². The quantitative estimate of drug-likeness (QED) is 0.800. The van der Waals surface area contributed by atoms with E-state index in [1.807, 2.05) is 6.07 Å². The molecule has 0 radical (unpaired) electrons. The van der Waals surface area contributed by atoms with E-state index in [1.54, 1.807) is 6.92 Å². The Morgan fingerprint density at radius 1 is 1.11 bits per heavy atom. The number of carbonyl (C=O) groups excluding carboxylic acids is 1. The molecule has 0 aliphatic heterocycles. The normalized spacial score (nSPS) is 12.9. The molecule has 0 fully saturated rings. The van der Waals surface area contributed by atoms with Crippen LogP contribution in [-0.2, 0) is 4.79 Å². The first kappa shape index (κ1) is 15.0. The zero-order valence-corrected chi connectivity index (χ0v) is 12.5. The molecule has 1 N–H and O–H groups in total. The number of amides is 1. The Hall–Kier alpha value is -1.02. The first-order valence-electron chi connectivity index (χ1n) is 6.41. The van der Waals surface area contributed by atoms with Crippen LogP contribution in [0.15, 0.2) is 18.2 Å². The molecular weight excluding hydrogens is 246 g/mol. The van der Waals surface area contributed by atoms with E-state index in [1.165, 1.54) is 5.56 Å². The van der Waals surface area contributed by atoms with Gasteiger partial charge >= 0.3 is 0 Å². The maximum Gasteiger partial charge on any atom is 0.242 e. The van der Waals surface area contributed by atoms with Crippen LogP contribution in [0.5, 0.6) is 0 Å². The highest BCUT2D eigenvalue weighted by Crippen LogP contribution is 2.28. The SMILES string of the molecule is CC(Cl)C(=O)Nc1ccc(C(C)C)cc1C(C)C. The Bertz CT molecular complexity index is 425. The summed E-state index contributed by atoms with van der Waals surface area (Å²) in [4.78, 5) is 11.7. The summed E-state index contributed by atoms with van der Waals surface area (Å²) in [5.74, 6) is 0.694. The number of rotatable bonds is 4. The minimum atomic E-state index is -0.519. The molecule has 0 aromatic heterocycles. The van der Waals surface area contributed by atoms with Crippen LogP contribution in [0.4, 0.5) is 5.69 Å². The fourth-order valence-electron chi connectivity index (χ4n) is 1.76. The largest absolute Gasteiger partial charge is 0.325 e. The second-order valence-electron chi connectivity index (χ2n) is 5.26. The van der Waals surface area contributed by atoms with Crippen LogP contribution in [0.3, 0.4) is 0 Å². The standard InChI is InChI=1S/C15H22ClNO/c1-9(2)12-6-7-14(13(8-12)10(3)4)17-15(18)11(5)16/h6-11H,1-5H3,(H,17,18). The van der Waals surface area contributed by atoms with Gasteiger partial charge in [-0.3, -0.25) is 4.79 Å². The smallest absolute Gasteiger partial charge is 0.242 e. The van der Waals surface area contributed by atoms with Crippen molar-refractivity contribution in [2.45, 2.75) is 51.8 Å². The van der Waals surface area contributed by atoms with Gasteiger partial charge in [0.1, 0.15) is 5.38 Å². The first-order chi connectivity index (χ1) is 8.32. The summed E-state index contributed by atoms with van der Waals surface area (Å²) < 4.78 is 0. The molecule has 0 heterocycles. The molecule has 100 valence electrons. The van der Waals surface area contributed by atoms with Crippen LogP contribution in [0.25, 0.3) is 0 Å². The van der Waals surface area contributed by atoms with Gasteiger partial charge in [-0.1, -0.05) is 39.8 Å². The molecular formula is C15H22ClNO. The summed E-state index contributed by atoms with van der Waals surface area (Å²) in [5.41, 5.74) is 3.31. The van der Waals surface area contributed by atoms with E-state index in [0.29, 0.717) is 11.8 Å². The van der Waals surface area contributed by atoms with E-state index < -0.39 is 5.38 Å². The zero-order valence-electron chi connectivity index (χ0n) is 11.8. The number of benzene rings is 1. The number of carbonyl (C=O) groups is 1. The highest BCUT2D eigenvalue weighted by atomic mass is 35.5. The lowest BCUT2D eigenvalue weighted by Crippen LogP contribution is -2.21. The van der Waals surface area contributed by atoms with Crippen molar-refractivity contribution in [3.05, 3.63) is 29.3 Å². The molecule has 0 spiro atoms. The summed E-state index contributed by atoms with van der Waals surface area (Å²) >= 11 is 5.78. The molecule has 0 saturated carbocycles. The van der Waals surface area contributed by atoms with Crippen LogP contribution in [0, 0.1) is 0 Å². The molecule has 1 aromatic rings. The van der Waals surface area contributed by atoms with Gasteiger partial charge in [-0.25, -0.2) is 0 Å². The van der Waals surface area contributed by atoms with Crippen LogP contribution < -0.4 is 5.32 Å². The highest BCUT2D eigenvalue weighted by Gasteiger charge is 2.14. The molecule has 0 bridgehead atoms. The summed E-state index contributed by atoms with van der Waals surface area (Å²) in [6.45, 7) is 10.3. The minimum Gasteiger partial charge on any atom is -0.325 e. The third-order valence-corrected chi connectivity index (χ3v) is 3.18. The number of halogens is 1. The minimum absolute atomic E-state index is 0.157. The third-order valence-electron chi connectivity index (χ3n) is 2.98. The second kappa shape index (κ2) is 6.24. The van der Waals surface area contributed by atoms with Crippen molar-refractivity contribution >= 4 is 23.2 Å². The number of hydrogen-bond donors (Lipinski definition) is 1. The maximum absolute atomic E-state index is 11.7. The van der Waals surface area contributed by atoms with E-state index in [-0.39, 0.29) is 5.91 Å². The van der Waals surface area contributed by atoms with Crippen LogP contribution in [0.1, 0.15) is 57.6 Å². The van der Waals surface area contributed by atoms with Gasteiger partial charge in [0.05, 0.1) is 0 Å². The molecule has 0 saturated heterocycles. The number of nitrogens with one attached hydrogen (secondary N) is 1. The lowest BCUT2D eigenvalue weighted by Gasteiger charge is -2.17. The average Bonchev–Trinajstić information content (AvgIpc) is 2.28. The predicted octanol–water partition coefficient (Wildman–Crippen LogP) is 4.50. The average molecular weight is 268 g/mol. The lowest BCUT2D eigenvalue weighted by molar-refractivity contribution is -0.115. The summed E-state index contributed by atoms with van der Waals surface area (Å²) in [6, 6.07) is 6.21. The van der Waals surface area contributed by atoms with Gasteiger partial charge in [-0.05, 0) is 36.0 Å². The molecule has 2 nitrogen and oxygen atoms in total. The van der Waals surface area contributed by atoms with Crippen molar-refractivity contribution in [3.63, 3.8) is 0 Å². The fourth-order valence-corrected chi connectivity index (χ4v) is 1.82. The van der Waals surface area contributed by atoms with Crippen molar-refractivity contribution in [1.29, 1.82) is 0 Å². The van der Waals surface area contributed by atoms with E-state index in [0.717, 1.165) is 11.3 Å². The van der Waals surface area contributed by atoms with Gasteiger partial charge in [-0.2, -0.15) is 0 Å². The van der Waals surface area contributed by atoms with E-state index in [9.17, 15) is 4.79 Å². The topological polar surface area (TPSA) is 29.1 Å². The number of alkyl halides is 1. The Kier molecular flexibility index (Phi) is 5.21. The number of anilines is 1. The van der Waals surface area contributed by atoms with E-state index in [4.69, 9.17) is 11.6 Å².